The Morgan fingerprint density at radius 2 is 1.43 bits per heavy atom. The van der Waals surface area contributed by atoms with Crippen LogP contribution in [-0.2, 0) is 0 Å². The SMILES string of the molecule is Cc1ccc(N2CSC(=S)N(c3ccc(C)cc3C)C2)c(C)c1. The summed E-state index contributed by atoms with van der Waals surface area (Å²) in [5.41, 5.74) is 7.68. The first-order valence-corrected chi connectivity index (χ1v) is 9.19. The molecule has 0 bridgehead atoms. The van der Waals surface area contributed by atoms with Gasteiger partial charge in [0.15, 0.2) is 0 Å². The quantitative estimate of drug-likeness (QED) is 0.693. The lowest BCUT2D eigenvalue weighted by Crippen LogP contribution is -2.45. The summed E-state index contributed by atoms with van der Waals surface area (Å²) in [6, 6.07) is 13.2. The van der Waals surface area contributed by atoms with E-state index in [0.717, 1.165) is 16.9 Å². The Morgan fingerprint density at radius 1 is 0.870 bits per heavy atom. The van der Waals surface area contributed by atoms with Crippen molar-refractivity contribution in [3.8, 4) is 0 Å². The van der Waals surface area contributed by atoms with Crippen LogP contribution in [0.15, 0.2) is 36.4 Å². The van der Waals surface area contributed by atoms with E-state index < -0.39 is 0 Å². The van der Waals surface area contributed by atoms with Crippen molar-refractivity contribution in [2.75, 3.05) is 22.3 Å². The van der Waals surface area contributed by atoms with Crippen LogP contribution < -0.4 is 9.80 Å². The third-order valence-electron chi connectivity index (χ3n) is 4.21. The van der Waals surface area contributed by atoms with E-state index in [-0.39, 0.29) is 0 Å². The van der Waals surface area contributed by atoms with Crippen LogP contribution in [0.4, 0.5) is 11.4 Å². The highest BCUT2D eigenvalue weighted by atomic mass is 32.2. The number of nitrogens with zero attached hydrogens (tertiary/aromatic N) is 2. The van der Waals surface area contributed by atoms with Gasteiger partial charge in [-0.1, -0.05) is 59.4 Å². The van der Waals surface area contributed by atoms with Gasteiger partial charge in [0.25, 0.3) is 0 Å². The molecule has 0 atom stereocenters. The van der Waals surface area contributed by atoms with Gasteiger partial charge in [-0.25, -0.2) is 0 Å². The number of aryl methyl sites for hydroxylation is 4. The van der Waals surface area contributed by atoms with Crippen LogP contribution in [-0.4, -0.2) is 16.9 Å². The maximum atomic E-state index is 5.62. The van der Waals surface area contributed by atoms with Crippen molar-refractivity contribution in [3.63, 3.8) is 0 Å². The smallest absolute Gasteiger partial charge is 0.144 e. The largest absolute Gasteiger partial charge is 0.343 e. The van der Waals surface area contributed by atoms with E-state index in [9.17, 15) is 0 Å². The van der Waals surface area contributed by atoms with Gasteiger partial charge in [0.1, 0.15) is 4.32 Å². The van der Waals surface area contributed by atoms with Gasteiger partial charge >= 0.3 is 0 Å². The molecule has 0 aromatic heterocycles. The zero-order chi connectivity index (χ0) is 16.6. The first-order chi connectivity index (χ1) is 11.0. The van der Waals surface area contributed by atoms with Crippen LogP contribution >= 0.6 is 24.0 Å². The molecule has 3 rings (SSSR count). The van der Waals surface area contributed by atoms with Crippen LogP contribution in [0.3, 0.4) is 0 Å². The minimum absolute atomic E-state index is 0.805. The highest BCUT2D eigenvalue weighted by Crippen LogP contribution is 2.32. The highest BCUT2D eigenvalue weighted by Gasteiger charge is 2.25. The third kappa shape index (κ3) is 3.38. The zero-order valence-corrected chi connectivity index (χ0v) is 15.7. The standard InChI is InChI=1S/C19H22N2S2/c1-13-5-7-17(15(3)9-13)20-11-21(19(22)23-12-20)18-8-6-14(2)10-16(18)4/h5-10H,11-12H2,1-4H3. The summed E-state index contributed by atoms with van der Waals surface area (Å²) in [5, 5.41) is 0. The fraction of sp³-hybridized carbons (Fsp3) is 0.316. The molecule has 1 aliphatic rings. The van der Waals surface area contributed by atoms with Gasteiger partial charge in [-0.3, -0.25) is 0 Å². The third-order valence-corrected chi connectivity index (χ3v) is 5.69. The molecular weight excluding hydrogens is 320 g/mol. The Balaban J connectivity index is 1.91. The van der Waals surface area contributed by atoms with E-state index in [1.54, 1.807) is 11.8 Å². The summed E-state index contributed by atoms with van der Waals surface area (Å²) in [4.78, 5) is 4.64. The number of thiocarbonyl (C=S) groups is 1. The van der Waals surface area contributed by atoms with Gasteiger partial charge in [0.05, 0.1) is 12.5 Å². The van der Waals surface area contributed by atoms with Gasteiger partial charge in [0, 0.05) is 11.4 Å². The lowest BCUT2D eigenvalue weighted by molar-refractivity contribution is 0.881. The van der Waals surface area contributed by atoms with Crippen molar-refractivity contribution < 1.29 is 0 Å². The summed E-state index contributed by atoms with van der Waals surface area (Å²) in [7, 11) is 0. The van der Waals surface area contributed by atoms with Gasteiger partial charge in [0.2, 0.25) is 0 Å². The number of anilines is 2. The second-order valence-electron chi connectivity index (χ2n) is 6.23. The van der Waals surface area contributed by atoms with Crippen molar-refractivity contribution in [1.29, 1.82) is 0 Å². The van der Waals surface area contributed by atoms with Crippen LogP contribution in [0, 0.1) is 27.7 Å². The van der Waals surface area contributed by atoms with E-state index in [0.29, 0.717) is 0 Å². The van der Waals surface area contributed by atoms with Crippen molar-refractivity contribution in [3.05, 3.63) is 58.7 Å². The molecule has 1 aliphatic heterocycles. The molecule has 1 saturated heterocycles. The lowest BCUT2D eigenvalue weighted by Gasteiger charge is -2.39. The monoisotopic (exact) mass is 342 g/mol. The van der Waals surface area contributed by atoms with Crippen molar-refractivity contribution >= 4 is 39.7 Å². The second kappa shape index (κ2) is 6.54. The number of benzene rings is 2. The molecule has 2 nitrogen and oxygen atoms in total. The predicted octanol–water partition coefficient (Wildman–Crippen LogP) is 5.18. The topological polar surface area (TPSA) is 6.48 Å². The Morgan fingerprint density at radius 3 is 2.00 bits per heavy atom. The van der Waals surface area contributed by atoms with Gasteiger partial charge in [-0.15, -0.1) is 0 Å². The number of hydrogen-bond donors (Lipinski definition) is 0. The molecule has 1 fully saturated rings. The summed E-state index contributed by atoms with van der Waals surface area (Å²) in [5.74, 6) is 0.907. The maximum Gasteiger partial charge on any atom is 0.144 e. The Kier molecular flexibility index (Phi) is 4.64. The van der Waals surface area contributed by atoms with Gasteiger partial charge < -0.3 is 9.80 Å². The van der Waals surface area contributed by atoms with Crippen molar-refractivity contribution in [1.82, 2.24) is 0 Å². The summed E-state index contributed by atoms with van der Waals surface area (Å²) in [6.07, 6.45) is 0. The number of rotatable bonds is 2. The van der Waals surface area contributed by atoms with Gasteiger partial charge in [-0.05, 0) is 51.0 Å². The molecule has 0 radical (unpaired) electrons. The Hall–Kier alpha value is -1.52. The van der Waals surface area contributed by atoms with E-state index >= 15 is 0 Å². The molecule has 2 aromatic carbocycles. The normalized spacial score (nSPS) is 15.2. The van der Waals surface area contributed by atoms with E-state index in [2.05, 4.69) is 73.9 Å². The van der Waals surface area contributed by atoms with Gasteiger partial charge in [-0.2, -0.15) is 0 Å². The molecule has 23 heavy (non-hydrogen) atoms. The fourth-order valence-electron chi connectivity index (χ4n) is 3.07. The Bertz CT molecular complexity index is 755. The summed E-state index contributed by atoms with van der Waals surface area (Å²) >= 11 is 7.35. The van der Waals surface area contributed by atoms with Crippen LogP contribution in [0.25, 0.3) is 0 Å². The number of thioether (sulfide) groups is 1. The van der Waals surface area contributed by atoms with Crippen molar-refractivity contribution in [2.24, 2.45) is 0 Å². The molecule has 0 aliphatic carbocycles. The molecule has 0 spiro atoms. The molecule has 1 heterocycles. The zero-order valence-electron chi connectivity index (χ0n) is 14.1. The minimum atomic E-state index is 0.805. The van der Waals surface area contributed by atoms with E-state index in [4.69, 9.17) is 12.2 Å². The first kappa shape index (κ1) is 16.3. The molecule has 0 amide bonds. The van der Waals surface area contributed by atoms with Crippen LogP contribution in [0.5, 0.6) is 0 Å². The maximum absolute atomic E-state index is 5.62. The summed E-state index contributed by atoms with van der Waals surface area (Å²) in [6.45, 7) is 9.41. The second-order valence-corrected chi connectivity index (χ2v) is 7.81. The molecule has 0 unspecified atom stereocenters. The average Bonchev–Trinajstić information content (AvgIpc) is 2.49. The Labute approximate surface area is 148 Å². The molecule has 0 saturated carbocycles. The minimum Gasteiger partial charge on any atom is -0.343 e. The molecule has 0 N–H and O–H groups in total. The van der Waals surface area contributed by atoms with Crippen LogP contribution in [0.2, 0.25) is 0 Å². The number of hydrogen-bond acceptors (Lipinski definition) is 3. The first-order valence-electron chi connectivity index (χ1n) is 7.79. The van der Waals surface area contributed by atoms with E-state index in [1.807, 2.05) is 0 Å². The van der Waals surface area contributed by atoms with E-state index in [1.165, 1.54) is 33.6 Å². The molecule has 4 heteroatoms. The molecular formula is C19H22N2S2. The lowest BCUT2D eigenvalue weighted by atomic mass is 10.1. The van der Waals surface area contributed by atoms with Crippen LogP contribution in [0.1, 0.15) is 22.3 Å². The predicted molar refractivity (Wildman–Crippen MR) is 107 cm³/mol. The molecule has 120 valence electrons. The van der Waals surface area contributed by atoms with Crippen molar-refractivity contribution in [2.45, 2.75) is 27.7 Å². The average molecular weight is 343 g/mol. The fourth-order valence-corrected chi connectivity index (χ4v) is 4.18. The summed E-state index contributed by atoms with van der Waals surface area (Å²) < 4.78 is 0.956. The molecule has 2 aromatic rings. The highest BCUT2D eigenvalue weighted by molar-refractivity contribution is 8.23.